The normalized spacial score (nSPS) is 18.7. The molecule has 26 heavy (non-hydrogen) atoms. The molecule has 5 N–H and O–H groups in total. The Bertz CT molecular complexity index is 524. The van der Waals surface area contributed by atoms with Crippen molar-refractivity contribution in [2.75, 3.05) is 13.2 Å². The fourth-order valence-corrected chi connectivity index (χ4v) is 2.55. The molecule has 1 saturated carbocycles. The van der Waals surface area contributed by atoms with Crippen molar-refractivity contribution in [3.63, 3.8) is 0 Å². The van der Waals surface area contributed by atoms with E-state index in [-0.39, 0.29) is 24.4 Å². The molecule has 148 valence electrons. The van der Waals surface area contributed by atoms with Crippen LogP contribution in [0.3, 0.4) is 0 Å². The van der Waals surface area contributed by atoms with E-state index in [2.05, 4.69) is 13.5 Å². The lowest BCUT2D eigenvalue weighted by Gasteiger charge is -2.30. The van der Waals surface area contributed by atoms with Crippen LogP contribution in [-0.2, 0) is 9.53 Å². The van der Waals surface area contributed by atoms with E-state index < -0.39 is 17.6 Å². The number of rotatable bonds is 14. The molecule has 2 atom stereocenters. The number of hydrogen-bond acceptors (Lipinski definition) is 5. The van der Waals surface area contributed by atoms with Gasteiger partial charge >= 0.3 is 5.97 Å². The van der Waals surface area contributed by atoms with Crippen LogP contribution in [0.25, 0.3) is 0 Å². The molecule has 0 saturated heterocycles. The Labute approximate surface area is 156 Å². The highest BCUT2D eigenvalue weighted by Gasteiger charge is 2.42. The largest absolute Gasteiger partial charge is 0.508 e. The predicted octanol–water partition coefficient (Wildman–Crippen LogP) is 3.08. The number of hydrogen-bond donors (Lipinski definition) is 4. The third-order valence-corrected chi connectivity index (χ3v) is 4.51. The van der Waals surface area contributed by atoms with Gasteiger partial charge in [0.1, 0.15) is 5.76 Å². The first-order chi connectivity index (χ1) is 12.3. The van der Waals surface area contributed by atoms with Crippen LogP contribution in [0.5, 0.6) is 0 Å². The van der Waals surface area contributed by atoms with Gasteiger partial charge in [-0.3, -0.25) is 0 Å². The molecule has 0 radical (unpaired) electrons. The number of aliphatic carboxylic acids is 1. The van der Waals surface area contributed by atoms with Crippen molar-refractivity contribution in [3.05, 3.63) is 36.1 Å². The van der Waals surface area contributed by atoms with Gasteiger partial charge in [-0.25, -0.2) is 4.79 Å². The van der Waals surface area contributed by atoms with Crippen molar-refractivity contribution < 1.29 is 24.9 Å². The summed E-state index contributed by atoms with van der Waals surface area (Å²) in [6, 6.07) is -1.09. The van der Waals surface area contributed by atoms with Crippen molar-refractivity contribution in [1.29, 1.82) is 0 Å². The summed E-state index contributed by atoms with van der Waals surface area (Å²) in [6.45, 7) is 6.27. The maximum absolute atomic E-state index is 11.6. The molecule has 0 aromatic carbocycles. The minimum Gasteiger partial charge on any atom is -0.508 e. The van der Waals surface area contributed by atoms with Gasteiger partial charge in [0.2, 0.25) is 0 Å². The molecule has 1 fully saturated rings. The predicted molar refractivity (Wildman–Crippen MR) is 102 cm³/mol. The molecule has 0 aromatic rings. The Morgan fingerprint density at radius 3 is 2.69 bits per heavy atom. The monoisotopic (exact) mass is 367 g/mol. The number of nitrogens with two attached hydrogens (primary N) is 1. The van der Waals surface area contributed by atoms with Gasteiger partial charge in [-0.1, -0.05) is 45.3 Å². The molecule has 0 aromatic heterocycles. The molecule has 0 spiro atoms. The van der Waals surface area contributed by atoms with E-state index in [1.807, 2.05) is 6.08 Å². The minimum absolute atomic E-state index is 0.0342. The minimum atomic E-state index is -2.20. The second-order valence-corrected chi connectivity index (χ2v) is 7.09. The second-order valence-electron chi connectivity index (χ2n) is 7.09. The molecule has 1 rings (SSSR count). The Balaban J connectivity index is 2.55. The third kappa shape index (κ3) is 8.17. The van der Waals surface area contributed by atoms with Crippen molar-refractivity contribution in [3.8, 4) is 0 Å². The van der Waals surface area contributed by atoms with Crippen molar-refractivity contribution in [2.24, 2.45) is 11.7 Å². The van der Waals surface area contributed by atoms with Crippen LogP contribution in [-0.4, -0.2) is 46.1 Å². The number of carboxylic acids is 1. The smallest absolute Gasteiger partial charge is 0.337 e. The van der Waals surface area contributed by atoms with Crippen LogP contribution < -0.4 is 5.73 Å². The lowest BCUT2D eigenvalue weighted by atomic mass is 9.88. The van der Waals surface area contributed by atoms with Gasteiger partial charge in [0.15, 0.2) is 5.60 Å². The molecule has 0 amide bonds. The number of ether oxygens (including phenoxy) is 1. The molecule has 0 heterocycles. The molecule has 0 aliphatic heterocycles. The van der Waals surface area contributed by atoms with E-state index in [0.717, 1.165) is 25.7 Å². The van der Waals surface area contributed by atoms with Gasteiger partial charge in [-0.05, 0) is 36.5 Å². The zero-order valence-corrected chi connectivity index (χ0v) is 15.7. The zero-order valence-electron chi connectivity index (χ0n) is 15.7. The van der Waals surface area contributed by atoms with Crippen molar-refractivity contribution in [1.82, 2.24) is 0 Å². The SMILES string of the molecule is C=C(/C=C(O)\C=C/CCCC)C[C@](O)(C(=O)O)C(N)COCCC1CC1. The number of unbranched alkanes of at least 4 members (excludes halogenated alkanes) is 2. The van der Waals surface area contributed by atoms with Crippen LogP contribution in [0.4, 0.5) is 0 Å². The quantitative estimate of drug-likeness (QED) is 0.213. The van der Waals surface area contributed by atoms with Gasteiger partial charge in [0.25, 0.3) is 0 Å². The van der Waals surface area contributed by atoms with Gasteiger partial charge < -0.3 is 25.8 Å². The number of allylic oxidation sites excluding steroid dienone is 3. The molecular weight excluding hydrogens is 334 g/mol. The Hall–Kier alpha value is -1.63. The van der Waals surface area contributed by atoms with Crippen molar-refractivity contribution in [2.45, 2.75) is 63.5 Å². The first kappa shape index (κ1) is 22.4. The van der Waals surface area contributed by atoms with Gasteiger partial charge in [0, 0.05) is 13.0 Å². The summed E-state index contributed by atoms with van der Waals surface area (Å²) >= 11 is 0. The van der Waals surface area contributed by atoms with Gasteiger partial charge in [-0.2, -0.15) is 0 Å². The number of aliphatic hydroxyl groups is 2. The second kappa shape index (κ2) is 11.2. The summed E-state index contributed by atoms with van der Waals surface area (Å²) in [6.07, 6.45) is 10.8. The first-order valence-corrected chi connectivity index (χ1v) is 9.33. The fraction of sp³-hybridized carbons (Fsp3) is 0.650. The van der Waals surface area contributed by atoms with E-state index in [1.54, 1.807) is 6.08 Å². The average molecular weight is 367 g/mol. The molecule has 0 bridgehead atoms. The van der Waals surface area contributed by atoms with Gasteiger partial charge in [0.05, 0.1) is 12.6 Å². The first-order valence-electron chi connectivity index (χ1n) is 9.33. The average Bonchev–Trinajstić information content (AvgIpc) is 3.39. The zero-order chi connectivity index (χ0) is 19.6. The van der Waals surface area contributed by atoms with Crippen LogP contribution in [0.1, 0.15) is 51.9 Å². The van der Waals surface area contributed by atoms with Crippen molar-refractivity contribution >= 4 is 5.97 Å². The Kier molecular flexibility index (Phi) is 9.62. The van der Waals surface area contributed by atoms with Crippen LogP contribution in [0.2, 0.25) is 0 Å². The van der Waals surface area contributed by atoms with Crippen LogP contribution in [0.15, 0.2) is 36.1 Å². The highest BCUT2D eigenvalue weighted by molar-refractivity contribution is 5.78. The molecule has 6 heteroatoms. The Morgan fingerprint density at radius 1 is 1.42 bits per heavy atom. The molecule has 1 aliphatic rings. The van der Waals surface area contributed by atoms with E-state index in [9.17, 15) is 20.1 Å². The topological polar surface area (TPSA) is 113 Å². The number of carbonyl (C=O) groups is 1. The molecule has 1 unspecified atom stereocenters. The summed E-state index contributed by atoms with van der Waals surface area (Å²) < 4.78 is 5.43. The standard InChI is InChI=1S/C20H33NO5/c1-3-4-5-6-7-17(22)12-15(2)13-20(25,19(23)24)18(21)14-26-11-10-16-8-9-16/h6-7,12,16,18,22,25H,2-5,8-11,13-14,21H2,1H3,(H,23,24)/b7-6-,17-12+/t18?,20-/m1/s1. The van der Waals surface area contributed by atoms with E-state index >= 15 is 0 Å². The molecule has 6 nitrogen and oxygen atoms in total. The summed E-state index contributed by atoms with van der Waals surface area (Å²) in [5.41, 5.74) is 3.97. The summed E-state index contributed by atoms with van der Waals surface area (Å²) in [5, 5.41) is 29.8. The number of aliphatic hydroxyl groups excluding tert-OH is 1. The summed E-state index contributed by atoms with van der Waals surface area (Å²) in [7, 11) is 0. The lowest BCUT2D eigenvalue weighted by Crippen LogP contribution is -2.56. The van der Waals surface area contributed by atoms with E-state index in [0.29, 0.717) is 12.5 Å². The van der Waals surface area contributed by atoms with E-state index in [1.165, 1.54) is 18.9 Å². The fourth-order valence-electron chi connectivity index (χ4n) is 2.55. The Morgan fingerprint density at radius 2 is 2.12 bits per heavy atom. The molecular formula is C20H33NO5. The third-order valence-electron chi connectivity index (χ3n) is 4.51. The highest BCUT2D eigenvalue weighted by atomic mass is 16.5. The lowest BCUT2D eigenvalue weighted by molar-refractivity contribution is -0.162. The summed E-state index contributed by atoms with van der Waals surface area (Å²) in [4.78, 5) is 11.6. The van der Waals surface area contributed by atoms with Gasteiger partial charge in [-0.15, -0.1) is 0 Å². The number of carboxylic acid groups (broad SMARTS) is 1. The summed E-state index contributed by atoms with van der Waals surface area (Å²) in [5.74, 6) is -0.751. The maximum atomic E-state index is 11.6. The van der Waals surface area contributed by atoms with Crippen LogP contribution in [0, 0.1) is 5.92 Å². The molecule has 1 aliphatic carbocycles. The van der Waals surface area contributed by atoms with E-state index in [4.69, 9.17) is 10.5 Å². The van der Waals surface area contributed by atoms with Crippen LogP contribution >= 0.6 is 0 Å². The highest BCUT2D eigenvalue weighted by Crippen LogP contribution is 2.32. The maximum Gasteiger partial charge on any atom is 0.337 e.